The maximum absolute atomic E-state index is 12.6. The molecule has 2 heterocycles. The molecule has 2 aromatic carbocycles. The Kier molecular flexibility index (Phi) is 4.54. The van der Waals surface area contributed by atoms with Crippen molar-refractivity contribution in [2.75, 3.05) is 31.1 Å². The van der Waals surface area contributed by atoms with Crippen LogP contribution in [0.1, 0.15) is 10.4 Å². The molecule has 1 fully saturated rings. The van der Waals surface area contributed by atoms with E-state index in [2.05, 4.69) is 9.88 Å². The highest BCUT2D eigenvalue weighted by Gasteiger charge is 2.24. The van der Waals surface area contributed by atoms with Crippen molar-refractivity contribution in [2.24, 2.45) is 0 Å². The Bertz CT molecular complexity index is 935. The number of hydrogen-bond acceptors (Lipinski definition) is 4. The molecule has 0 N–H and O–H groups in total. The monoisotopic (exact) mass is 391 g/mol. The molecule has 128 valence electrons. The molecule has 0 radical (unpaired) electrons. The molecule has 3 aromatic rings. The number of piperazine rings is 1. The number of rotatable bonds is 2. The van der Waals surface area contributed by atoms with E-state index < -0.39 is 0 Å². The minimum absolute atomic E-state index is 0.0261. The minimum atomic E-state index is 0.0261. The number of fused-ring (bicyclic) bond motifs is 1. The Balaban J connectivity index is 1.46. The molecule has 0 atom stereocenters. The van der Waals surface area contributed by atoms with Gasteiger partial charge in [0.15, 0.2) is 5.13 Å². The Labute approximate surface area is 159 Å². The first-order valence-electron chi connectivity index (χ1n) is 7.96. The number of carbonyl (C=O) groups excluding carboxylic acids is 1. The van der Waals surface area contributed by atoms with Crippen molar-refractivity contribution in [3.05, 3.63) is 58.1 Å². The highest BCUT2D eigenvalue weighted by molar-refractivity contribution is 7.22. The quantitative estimate of drug-likeness (QED) is 0.641. The first-order chi connectivity index (χ1) is 12.1. The molecule has 0 aliphatic carbocycles. The van der Waals surface area contributed by atoms with Gasteiger partial charge in [-0.2, -0.15) is 0 Å². The third kappa shape index (κ3) is 3.45. The molecule has 0 bridgehead atoms. The second-order valence-corrected chi connectivity index (χ2v) is 7.78. The van der Waals surface area contributed by atoms with Crippen LogP contribution in [0.3, 0.4) is 0 Å². The van der Waals surface area contributed by atoms with E-state index in [0.717, 1.165) is 33.5 Å². The highest BCUT2D eigenvalue weighted by atomic mass is 35.5. The molecule has 25 heavy (non-hydrogen) atoms. The molecular weight excluding hydrogens is 377 g/mol. The first kappa shape index (κ1) is 16.6. The van der Waals surface area contributed by atoms with E-state index in [-0.39, 0.29) is 5.91 Å². The molecule has 7 heteroatoms. The zero-order valence-electron chi connectivity index (χ0n) is 13.3. The van der Waals surface area contributed by atoms with Gasteiger partial charge >= 0.3 is 0 Å². The molecule has 1 amide bonds. The number of anilines is 1. The van der Waals surface area contributed by atoms with Crippen LogP contribution in [0.5, 0.6) is 0 Å². The van der Waals surface area contributed by atoms with Crippen LogP contribution in [-0.4, -0.2) is 42.0 Å². The van der Waals surface area contributed by atoms with E-state index in [1.165, 1.54) is 0 Å². The van der Waals surface area contributed by atoms with E-state index in [1.54, 1.807) is 35.6 Å². The standard InChI is InChI=1S/C18H15Cl2N3OS/c19-13-3-1-2-12(10-13)17(24)22-6-8-23(9-7-22)18-21-15-5-4-14(20)11-16(15)25-18/h1-5,10-11H,6-9H2. The summed E-state index contributed by atoms with van der Waals surface area (Å²) in [5.41, 5.74) is 1.59. The van der Waals surface area contributed by atoms with Crippen LogP contribution in [0.15, 0.2) is 42.5 Å². The van der Waals surface area contributed by atoms with Gasteiger partial charge in [0.1, 0.15) is 0 Å². The molecule has 0 unspecified atom stereocenters. The molecule has 4 nitrogen and oxygen atoms in total. The molecule has 1 saturated heterocycles. The average molecular weight is 392 g/mol. The van der Waals surface area contributed by atoms with Crippen molar-refractivity contribution < 1.29 is 4.79 Å². The lowest BCUT2D eigenvalue weighted by Crippen LogP contribution is -2.48. The average Bonchev–Trinajstić information content (AvgIpc) is 3.04. The normalized spacial score (nSPS) is 15.0. The molecule has 1 aromatic heterocycles. The second-order valence-electron chi connectivity index (χ2n) is 5.90. The molecule has 1 aliphatic heterocycles. The largest absolute Gasteiger partial charge is 0.345 e. The Morgan fingerprint density at radius 2 is 1.76 bits per heavy atom. The zero-order valence-corrected chi connectivity index (χ0v) is 15.6. The van der Waals surface area contributed by atoms with Crippen molar-refractivity contribution in [3.8, 4) is 0 Å². The van der Waals surface area contributed by atoms with Crippen molar-refractivity contribution >= 4 is 55.8 Å². The van der Waals surface area contributed by atoms with Gasteiger partial charge in [0.2, 0.25) is 0 Å². The van der Waals surface area contributed by atoms with Crippen LogP contribution in [-0.2, 0) is 0 Å². The fraction of sp³-hybridized carbons (Fsp3) is 0.222. The van der Waals surface area contributed by atoms with Crippen LogP contribution in [0, 0.1) is 0 Å². The Hall–Kier alpha value is -1.82. The van der Waals surface area contributed by atoms with Crippen LogP contribution in [0.2, 0.25) is 10.0 Å². The molecule has 1 aliphatic rings. The minimum Gasteiger partial charge on any atom is -0.345 e. The molecular formula is C18H15Cl2N3OS. The van der Waals surface area contributed by atoms with Crippen molar-refractivity contribution in [2.45, 2.75) is 0 Å². The molecule has 0 saturated carbocycles. The van der Waals surface area contributed by atoms with Crippen LogP contribution in [0.4, 0.5) is 5.13 Å². The van der Waals surface area contributed by atoms with Crippen LogP contribution >= 0.6 is 34.5 Å². The number of nitrogens with zero attached hydrogens (tertiary/aromatic N) is 3. The summed E-state index contributed by atoms with van der Waals surface area (Å²) < 4.78 is 1.08. The number of hydrogen-bond donors (Lipinski definition) is 0. The van der Waals surface area contributed by atoms with E-state index in [0.29, 0.717) is 23.7 Å². The van der Waals surface area contributed by atoms with E-state index in [1.807, 2.05) is 23.1 Å². The fourth-order valence-electron chi connectivity index (χ4n) is 2.93. The summed E-state index contributed by atoms with van der Waals surface area (Å²) >= 11 is 13.7. The summed E-state index contributed by atoms with van der Waals surface area (Å²) in [6, 6.07) is 12.8. The molecule has 4 rings (SSSR count). The number of halogens is 2. The van der Waals surface area contributed by atoms with E-state index in [9.17, 15) is 4.79 Å². The number of aromatic nitrogens is 1. The van der Waals surface area contributed by atoms with Gasteiger partial charge in [0.25, 0.3) is 5.91 Å². The van der Waals surface area contributed by atoms with Gasteiger partial charge in [-0.3, -0.25) is 4.79 Å². The summed E-state index contributed by atoms with van der Waals surface area (Å²) in [6.07, 6.45) is 0. The Morgan fingerprint density at radius 1 is 1.00 bits per heavy atom. The van der Waals surface area contributed by atoms with Crippen molar-refractivity contribution in [3.63, 3.8) is 0 Å². The maximum Gasteiger partial charge on any atom is 0.254 e. The van der Waals surface area contributed by atoms with E-state index >= 15 is 0 Å². The summed E-state index contributed by atoms with van der Waals surface area (Å²) in [5.74, 6) is 0.0261. The number of benzene rings is 2. The lowest BCUT2D eigenvalue weighted by Gasteiger charge is -2.34. The number of thiazole rings is 1. The van der Waals surface area contributed by atoms with E-state index in [4.69, 9.17) is 23.2 Å². The lowest BCUT2D eigenvalue weighted by atomic mass is 10.2. The Morgan fingerprint density at radius 3 is 2.52 bits per heavy atom. The van der Waals surface area contributed by atoms with Gasteiger partial charge in [-0.15, -0.1) is 0 Å². The smallest absolute Gasteiger partial charge is 0.254 e. The van der Waals surface area contributed by atoms with Gasteiger partial charge in [-0.1, -0.05) is 40.6 Å². The predicted molar refractivity (Wildman–Crippen MR) is 104 cm³/mol. The van der Waals surface area contributed by atoms with Gasteiger partial charge in [0, 0.05) is 41.8 Å². The van der Waals surface area contributed by atoms with Gasteiger partial charge in [0.05, 0.1) is 10.2 Å². The highest BCUT2D eigenvalue weighted by Crippen LogP contribution is 2.31. The second kappa shape index (κ2) is 6.83. The fourth-order valence-corrected chi connectivity index (χ4v) is 4.41. The van der Waals surface area contributed by atoms with Gasteiger partial charge in [-0.25, -0.2) is 4.98 Å². The van der Waals surface area contributed by atoms with Gasteiger partial charge < -0.3 is 9.80 Å². The third-order valence-electron chi connectivity index (χ3n) is 4.25. The maximum atomic E-state index is 12.6. The van der Waals surface area contributed by atoms with Gasteiger partial charge in [-0.05, 0) is 36.4 Å². The van der Waals surface area contributed by atoms with Crippen LogP contribution < -0.4 is 4.90 Å². The zero-order chi connectivity index (χ0) is 17.4. The third-order valence-corrected chi connectivity index (χ3v) is 5.80. The van der Waals surface area contributed by atoms with Crippen molar-refractivity contribution in [1.29, 1.82) is 0 Å². The summed E-state index contributed by atoms with van der Waals surface area (Å²) in [7, 11) is 0. The van der Waals surface area contributed by atoms with Crippen LogP contribution in [0.25, 0.3) is 10.2 Å². The first-order valence-corrected chi connectivity index (χ1v) is 9.53. The SMILES string of the molecule is O=C(c1cccc(Cl)c1)N1CCN(c2nc3ccc(Cl)cc3s2)CC1. The van der Waals surface area contributed by atoms with Crippen molar-refractivity contribution in [1.82, 2.24) is 9.88 Å². The lowest BCUT2D eigenvalue weighted by molar-refractivity contribution is 0.0747. The molecule has 0 spiro atoms. The number of amides is 1. The topological polar surface area (TPSA) is 36.4 Å². The summed E-state index contributed by atoms with van der Waals surface area (Å²) in [6.45, 7) is 2.86. The summed E-state index contributed by atoms with van der Waals surface area (Å²) in [4.78, 5) is 21.4. The summed E-state index contributed by atoms with van der Waals surface area (Å²) in [5, 5.41) is 2.28. The predicted octanol–water partition coefficient (Wildman–Crippen LogP) is 4.57. The number of carbonyl (C=O) groups is 1.